The molecule has 2 rings (SSSR count). The molecule has 7 nitrogen and oxygen atoms in total. The number of amides is 1. The molecule has 1 aliphatic heterocycles. The highest BCUT2D eigenvalue weighted by Crippen LogP contribution is 2.24. The molecule has 7 heteroatoms. The third kappa shape index (κ3) is 3.53. The van der Waals surface area contributed by atoms with Crippen LogP contribution in [0.2, 0.25) is 0 Å². The van der Waals surface area contributed by atoms with Crippen LogP contribution in [0.3, 0.4) is 0 Å². The first-order chi connectivity index (χ1) is 9.81. The van der Waals surface area contributed by atoms with Crippen molar-refractivity contribution < 1.29 is 19.1 Å². The smallest absolute Gasteiger partial charge is 0.410 e. The van der Waals surface area contributed by atoms with Crippen molar-refractivity contribution in [3.05, 3.63) is 18.0 Å². The first kappa shape index (κ1) is 15.3. The molecule has 0 saturated carbocycles. The number of aromatic nitrogens is 2. The van der Waals surface area contributed by atoms with Gasteiger partial charge in [-0.3, -0.25) is 4.68 Å². The molecule has 1 amide bonds. The Morgan fingerprint density at radius 2 is 2.05 bits per heavy atom. The van der Waals surface area contributed by atoms with E-state index in [2.05, 4.69) is 5.10 Å². The number of likely N-dealkylation sites (tertiary alicyclic amines) is 1. The SMILES string of the molecule is CCOC(=O)c1ccnn1C1CN(C(=O)OC(C)(C)C)C1. The summed E-state index contributed by atoms with van der Waals surface area (Å²) in [7, 11) is 0. The van der Waals surface area contributed by atoms with Crippen LogP contribution in [0.15, 0.2) is 12.3 Å². The lowest BCUT2D eigenvalue weighted by molar-refractivity contribution is -0.000972. The van der Waals surface area contributed by atoms with E-state index in [4.69, 9.17) is 9.47 Å². The number of carbonyl (C=O) groups excluding carboxylic acids is 2. The number of carbonyl (C=O) groups is 2. The van der Waals surface area contributed by atoms with E-state index >= 15 is 0 Å². The van der Waals surface area contributed by atoms with E-state index in [0.29, 0.717) is 25.4 Å². The third-order valence-electron chi connectivity index (χ3n) is 3.01. The fraction of sp³-hybridized carbons (Fsp3) is 0.643. The van der Waals surface area contributed by atoms with Gasteiger partial charge in [-0.15, -0.1) is 0 Å². The van der Waals surface area contributed by atoms with Crippen LogP contribution in [0.5, 0.6) is 0 Å². The quantitative estimate of drug-likeness (QED) is 0.796. The van der Waals surface area contributed by atoms with Crippen LogP contribution in [0, 0.1) is 0 Å². The van der Waals surface area contributed by atoms with E-state index in [1.165, 1.54) is 0 Å². The van der Waals surface area contributed by atoms with Crippen LogP contribution < -0.4 is 0 Å². The molecule has 1 aliphatic rings. The van der Waals surface area contributed by atoms with Gasteiger partial charge in [0.2, 0.25) is 0 Å². The Labute approximate surface area is 123 Å². The Morgan fingerprint density at radius 3 is 2.62 bits per heavy atom. The summed E-state index contributed by atoms with van der Waals surface area (Å²) >= 11 is 0. The van der Waals surface area contributed by atoms with Crippen LogP contribution in [-0.2, 0) is 9.47 Å². The summed E-state index contributed by atoms with van der Waals surface area (Å²) in [5.74, 6) is -0.397. The summed E-state index contributed by atoms with van der Waals surface area (Å²) in [5, 5.41) is 4.15. The van der Waals surface area contributed by atoms with Crippen molar-refractivity contribution in [3.8, 4) is 0 Å². The predicted molar refractivity (Wildman–Crippen MR) is 75.0 cm³/mol. The largest absolute Gasteiger partial charge is 0.461 e. The molecule has 0 atom stereocenters. The van der Waals surface area contributed by atoms with Crippen molar-refractivity contribution in [1.29, 1.82) is 0 Å². The monoisotopic (exact) mass is 295 g/mol. The molecule has 2 heterocycles. The summed E-state index contributed by atoms with van der Waals surface area (Å²) < 4.78 is 11.9. The molecule has 0 N–H and O–H groups in total. The van der Waals surface area contributed by atoms with Gasteiger partial charge in [0.05, 0.1) is 12.6 Å². The number of nitrogens with zero attached hydrogens (tertiary/aromatic N) is 3. The molecule has 0 spiro atoms. The predicted octanol–water partition coefficient (Wildman–Crippen LogP) is 1.85. The van der Waals surface area contributed by atoms with Crippen molar-refractivity contribution in [1.82, 2.24) is 14.7 Å². The van der Waals surface area contributed by atoms with Gasteiger partial charge in [-0.25, -0.2) is 9.59 Å². The second kappa shape index (κ2) is 5.75. The normalized spacial score (nSPS) is 15.5. The van der Waals surface area contributed by atoms with Crippen molar-refractivity contribution in [2.24, 2.45) is 0 Å². The number of rotatable bonds is 3. The number of hydrogen-bond acceptors (Lipinski definition) is 5. The molecular weight excluding hydrogens is 274 g/mol. The lowest BCUT2D eigenvalue weighted by Gasteiger charge is -2.40. The van der Waals surface area contributed by atoms with E-state index in [1.54, 1.807) is 28.8 Å². The maximum atomic E-state index is 11.9. The van der Waals surface area contributed by atoms with Crippen molar-refractivity contribution in [3.63, 3.8) is 0 Å². The topological polar surface area (TPSA) is 73.7 Å². The number of hydrogen-bond donors (Lipinski definition) is 0. The fourth-order valence-corrected chi connectivity index (χ4v) is 2.06. The third-order valence-corrected chi connectivity index (χ3v) is 3.01. The van der Waals surface area contributed by atoms with Crippen molar-refractivity contribution >= 4 is 12.1 Å². The highest BCUT2D eigenvalue weighted by molar-refractivity contribution is 5.87. The minimum absolute atomic E-state index is 0.0214. The van der Waals surface area contributed by atoms with Crippen molar-refractivity contribution in [2.75, 3.05) is 19.7 Å². The maximum absolute atomic E-state index is 11.9. The van der Waals surface area contributed by atoms with Gasteiger partial charge in [0, 0.05) is 19.3 Å². The second-order valence-corrected chi connectivity index (χ2v) is 5.92. The highest BCUT2D eigenvalue weighted by atomic mass is 16.6. The summed E-state index contributed by atoms with van der Waals surface area (Å²) in [5.41, 5.74) is -0.102. The number of esters is 1. The molecule has 1 fully saturated rings. The van der Waals surface area contributed by atoms with Crippen LogP contribution in [0.4, 0.5) is 4.79 Å². The standard InChI is InChI=1S/C14H21N3O4/c1-5-20-12(18)11-6-7-15-17(11)10-8-16(9-10)13(19)21-14(2,3)4/h6-7,10H,5,8-9H2,1-4H3. The Kier molecular flexibility index (Phi) is 4.20. The Balaban J connectivity index is 1.95. The average molecular weight is 295 g/mol. The first-order valence-corrected chi connectivity index (χ1v) is 7.00. The van der Waals surface area contributed by atoms with Gasteiger partial charge < -0.3 is 14.4 Å². The van der Waals surface area contributed by atoms with Crippen LogP contribution in [-0.4, -0.2) is 52.0 Å². The van der Waals surface area contributed by atoms with Gasteiger partial charge in [-0.1, -0.05) is 0 Å². The summed E-state index contributed by atoms with van der Waals surface area (Å²) in [4.78, 5) is 25.2. The zero-order chi connectivity index (χ0) is 15.6. The van der Waals surface area contributed by atoms with Crippen LogP contribution in [0.1, 0.15) is 44.2 Å². The Hall–Kier alpha value is -2.05. The highest BCUT2D eigenvalue weighted by Gasteiger charge is 2.36. The molecular formula is C14H21N3O4. The minimum Gasteiger partial charge on any atom is -0.461 e. The molecule has 0 bridgehead atoms. The molecule has 1 aromatic rings. The molecule has 116 valence electrons. The van der Waals surface area contributed by atoms with E-state index in [-0.39, 0.29) is 12.1 Å². The minimum atomic E-state index is -0.510. The second-order valence-electron chi connectivity index (χ2n) is 5.92. The zero-order valence-corrected chi connectivity index (χ0v) is 12.8. The average Bonchev–Trinajstić information content (AvgIpc) is 2.73. The van der Waals surface area contributed by atoms with E-state index in [1.807, 2.05) is 20.8 Å². The van der Waals surface area contributed by atoms with Gasteiger partial charge in [0.25, 0.3) is 0 Å². The van der Waals surface area contributed by atoms with Crippen LogP contribution >= 0.6 is 0 Å². The van der Waals surface area contributed by atoms with Gasteiger partial charge >= 0.3 is 12.1 Å². The van der Waals surface area contributed by atoms with E-state index in [0.717, 1.165) is 0 Å². The Morgan fingerprint density at radius 1 is 1.38 bits per heavy atom. The summed E-state index contributed by atoms with van der Waals surface area (Å²) in [6.07, 6.45) is 1.21. The molecule has 21 heavy (non-hydrogen) atoms. The maximum Gasteiger partial charge on any atom is 0.410 e. The fourth-order valence-electron chi connectivity index (χ4n) is 2.06. The molecule has 0 unspecified atom stereocenters. The van der Waals surface area contributed by atoms with Crippen molar-refractivity contribution in [2.45, 2.75) is 39.3 Å². The van der Waals surface area contributed by atoms with Crippen LogP contribution in [0.25, 0.3) is 0 Å². The lowest BCUT2D eigenvalue weighted by atomic mass is 10.1. The molecule has 0 radical (unpaired) electrons. The summed E-state index contributed by atoms with van der Waals surface area (Å²) in [6.45, 7) is 8.51. The molecule has 0 aromatic carbocycles. The zero-order valence-electron chi connectivity index (χ0n) is 12.8. The molecule has 1 aromatic heterocycles. The van der Waals surface area contributed by atoms with Gasteiger partial charge in [-0.2, -0.15) is 5.10 Å². The van der Waals surface area contributed by atoms with Gasteiger partial charge in [0.15, 0.2) is 0 Å². The van der Waals surface area contributed by atoms with Gasteiger partial charge in [0.1, 0.15) is 11.3 Å². The first-order valence-electron chi connectivity index (χ1n) is 7.00. The molecule has 1 saturated heterocycles. The lowest BCUT2D eigenvalue weighted by Crippen LogP contribution is -2.52. The number of ether oxygens (including phenoxy) is 2. The van der Waals surface area contributed by atoms with E-state index < -0.39 is 11.6 Å². The van der Waals surface area contributed by atoms with E-state index in [9.17, 15) is 9.59 Å². The van der Waals surface area contributed by atoms with Gasteiger partial charge in [-0.05, 0) is 33.8 Å². The summed E-state index contributed by atoms with van der Waals surface area (Å²) in [6, 6.07) is 1.60. The Bertz CT molecular complexity index is 527. The molecule has 0 aliphatic carbocycles.